The zero-order valence-electron chi connectivity index (χ0n) is 14.7. The Kier molecular flexibility index (Phi) is 3.24. The standard InChI is InChI=1S/C21H18N2O4/c1-21(20(25)26,10-12-11-22-16-9-5-4-6-13(12)16)23-18(24)15-8-3-2-7-14(15)17-19(23)27-17/h2-9,11,17,19,22H,10H2,1H3,(H,25,26)/t17?,19?,21-/m0/s1. The third-order valence-electron chi connectivity index (χ3n) is 5.64. The van der Waals surface area contributed by atoms with E-state index in [0.717, 1.165) is 22.0 Å². The Balaban J connectivity index is 1.58. The number of carbonyl (C=O) groups excluding carboxylic acids is 1. The molecular weight excluding hydrogens is 344 g/mol. The van der Waals surface area contributed by atoms with Gasteiger partial charge < -0.3 is 14.8 Å². The van der Waals surface area contributed by atoms with Crippen molar-refractivity contribution in [2.75, 3.05) is 0 Å². The quantitative estimate of drug-likeness (QED) is 0.698. The molecule has 2 N–H and O–H groups in total. The Bertz CT molecular complexity index is 1090. The molecule has 2 unspecified atom stereocenters. The van der Waals surface area contributed by atoms with Crippen molar-refractivity contribution in [3.05, 3.63) is 71.4 Å². The lowest BCUT2D eigenvalue weighted by Gasteiger charge is -2.39. The Morgan fingerprint density at radius 3 is 2.78 bits per heavy atom. The number of aromatic amines is 1. The lowest BCUT2D eigenvalue weighted by Crippen LogP contribution is -2.59. The second-order valence-corrected chi connectivity index (χ2v) is 7.32. The van der Waals surface area contributed by atoms with Gasteiger partial charge in [-0.15, -0.1) is 0 Å². The van der Waals surface area contributed by atoms with E-state index in [1.54, 1.807) is 19.1 Å². The lowest BCUT2D eigenvalue weighted by molar-refractivity contribution is -0.150. The number of hydrogen-bond acceptors (Lipinski definition) is 3. The van der Waals surface area contributed by atoms with Gasteiger partial charge in [0.05, 0.1) is 0 Å². The molecule has 6 heteroatoms. The number of rotatable bonds is 4. The van der Waals surface area contributed by atoms with Crippen LogP contribution in [-0.2, 0) is 16.0 Å². The molecule has 1 fully saturated rings. The van der Waals surface area contributed by atoms with Crippen molar-refractivity contribution in [2.45, 2.75) is 31.2 Å². The average molecular weight is 362 g/mol. The average Bonchev–Trinajstić information content (AvgIpc) is 3.36. The molecule has 1 saturated heterocycles. The van der Waals surface area contributed by atoms with Crippen molar-refractivity contribution in [1.29, 1.82) is 0 Å². The molecule has 1 aromatic heterocycles. The number of epoxide rings is 1. The van der Waals surface area contributed by atoms with Gasteiger partial charge in [0.25, 0.3) is 5.91 Å². The SMILES string of the molecule is C[C@](Cc1c[nH]c2ccccc12)(C(=O)O)N1C(=O)c2ccccc2C2OC21. The summed E-state index contributed by atoms with van der Waals surface area (Å²) in [5.41, 5.74) is 1.73. The van der Waals surface area contributed by atoms with Gasteiger partial charge in [0.2, 0.25) is 0 Å². The van der Waals surface area contributed by atoms with Crippen LogP contribution in [0.3, 0.4) is 0 Å². The van der Waals surface area contributed by atoms with Crippen LogP contribution in [0.25, 0.3) is 10.9 Å². The predicted molar refractivity (Wildman–Crippen MR) is 98.3 cm³/mol. The van der Waals surface area contributed by atoms with E-state index >= 15 is 0 Å². The fourth-order valence-corrected chi connectivity index (χ4v) is 4.13. The van der Waals surface area contributed by atoms with Gasteiger partial charge in [0, 0.05) is 29.1 Å². The van der Waals surface area contributed by atoms with Crippen LogP contribution in [0.1, 0.15) is 34.5 Å². The number of hydrogen-bond donors (Lipinski definition) is 2. The van der Waals surface area contributed by atoms with E-state index in [1.165, 1.54) is 4.90 Å². The second kappa shape index (κ2) is 5.44. The van der Waals surface area contributed by atoms with Gasteiger partial charge in [-0.3, -0.25) is 9.69 Å². The number of carboxylic acid groups (broad SMARTS) is 1. The maximum absolute atomic E-state index is 13.2. The number of aromatic nitrogens is 1. The van der Waals surface area contributed by atoms with Crippen molar-refractivity contribution < 1.29 is 19.4 Å². The molecule has 27 heavy (non-hydrogen) atoms. The molecule has 0 aliphatic carbocycles. The predicted octanol–water partition coefficient (Wildman–Crippen LogP) is 3.11. The minimum atomic E-state index is -1.42. The van der Waals surface area contributed by atoms with Crippen molar-refractivity contribution in [1.82, 2.24) is 9.88 Å². The first-order chi connectivity index (χ1) is 13.0. The normalized spacial score (nSPS) is 22.9. The number of amides is 1. The van der Waals surface area contributed by atoms with Gasteiger partial charge in [-0.1, -0.05) is 36.4 Å². The molecule has 0 bridgehead atoms. The van der Waals surface area contributed by atoms with E-state index < -0.39 is 17.7 Å². The molecule has 5 rings (SSSR count). The summed E-state index contributed by atoms with van der Waals surface area (Å²) >= 11 is 0. The minimum absolute atomic E-state index is 0.187. The van der Waals surface area contributed by atoms with Crippen LogP contribution >= 0.6 is 0 Å². The number of fused-ring (bicyclic) bond motifs is 4. The number of H-pyrrole nitrogens is 1. The van der Waals surface area contributed by atoms with E-state index in [1.807, 2.05) is 42.6 Å². The third-order valence-corrected chi connectivity index (χ3v) is 5.64. The smallest absolute Gasteiger partial charge is 0.329 e. The number of nitrogens with one attached hydrogen (secondary N) is 1. The third kappa shape index (κ3) is 2.23. The van der Waals surface area contributed by atoms with Crippen molar-refractivity contribution in [3.63, 3.8) is 0 Å². The number of carbonyl (C=O) groups is 2. The molecule has 2 aliphatic heterocycles. The molecule has 2 aromatic carbocycles. The van der Waals surface area contributed by atoms with Crippen molar-refractivity contribution >= 4 is 22.8 Å². The molecule has 0 saturated carbocycles. The van der Waals surface area contributed by atoms with Gasteiger partial charge in [-0.25, -0.2) is 4.79 Å². The minimum Gasteiger partial charge on any atom is -0.479 e. The highest BCUT2D eigenvalue weighted by molar-refractivity contribution is 6.01. The van der Waals surface area contributed by atoms with Crippen LogP contribution in [0.5, 0.6) is 0 Å². The maximum Gasteiger partial charge on any atom is 0.329 e. The number of aliphatic carboxylic acids is 1. The van der Waals surface area contributed by atoms with Gasteiger partial charge >= 0.3 is 5.97 Å². The largest absolute Gasteiger partial charge is 0.479 e. The van der Waals surface area contributed by atoms with E-state index in [4.69, 9.17) is 4.74 Å². The topological polar surface area (TPSA) is 85.9 Å². The van der Waals surface area contributed by atoms with Crippen molar-refractivity contribution in [2.24, 2.45) is 0 Å². The maximum atomic E-state index is 13.2. The van der Waals surface area contributed by atoms with E-state index in [0.29, 0.717) is 5.56 Å². The van der Waals surface area contributed by atoms with Gasteiger partial charge in [-0.05, 0) is 30.2 Å². The summed E-state index contributed by atoms with van der Waals surface area (Å²) in [6, 6.07) is 15.0. The highest BCUT2D eigenvalue weighted by atomic mass is 16.6. The fraction of sp³-hybridized carbons (Fsp3) is 0.238. The summed E-state index contributed by atoms with van der Waals surface area (Å²) in [4.78, 5) is 30.1. The summed E-state index contributed by atoms with van der Waals surface area (Å²) in [6.07, 6.45) is 1.23. The summed E-state index contributed by atoms with van der Waals surface area (Å²) in [5.74, 6) is -1.34. The monoisotopic (exact) mass is 362 g/mol. The summed E-state index contributed by atoms with van der Waals surface area (Å²) in [5, 5.41) is 11.1. The molecular formula is C21H18N2O4. The first-order valence-electron chi connectivity index (χ1n) is 8.87. The summed E-state index contributed by atoms with van der Waals surface area (Å²) in [7, 11) is 0. The van der Waals surface area contributed by atoms with Crippen LogP contribution in [0.2, 0.25) is 0 Å². The van der Waals surface area contributed by atoms with Crippen LogP contribution < -0.4 is 0 Å². The van der Waals surface area contributed by atoms with E-state index in [-0.39, 0.29) is 18.4 Å². The molecule has 1 amide bonds. The van der Waals surface area contributed by atoms with Gasteiger partial charge in [0.15, 0.2) is 6.23 Å². The Morgan fingerprint density at radius 1 is 1.22 bits per heavy atom. The van der Waals surface area contributed by atoms with E-state index in [9.17, 15) is 14.7 Å². The Hall–Kier alpha value is -3.12. The van der Waals surface area contributed by atoms with E-state index in [2.05, 4.69) is 4.98 Å². The molecule has 3 heterocycles. The molecule has 0 radical (unpaired) electrons. The molecule has 6 nitrogen and oxygen atoms in total. The van der Waals surface area contributed by atoms with Crippen molar-refractivity contribution in [3.8, 4) is 0 Å². The van der Waals surface area contributed by atoms with Gasteiger partial charge in [0.1, 0.15) is 11.6 Å². The molecule has 3 aromatic rings. The molecule has 0 spiro atoms. The zero-order valence-corrected chi connectivity index (χ0v) is 14.7. The van der Waals surface area contributed by atoms with Crippen LogP contribution in [0.4, 0.5) is 0 Å². The number of carboxylic acids is 1. The van der Waals surface area contributed by atoms with Crippen LogP contribution in [-0.4, -0.2) is 38.6 Å². The molecule has 3 atom stereocenters. The summed E-state index contributed by atoms with van der Waals surface area (Å²) < 4.78 is 5.72. The summed E-state index contributed by atoms with van der Waals surface area (Å²) in [6.45, 7) is 1.60. The highest BCUT2D eigenvalue weighted by Crippen LogP contribution is 2.50. The Labute approximate surface area is 155 Å². The highest BCUT2D eigenvalue weighted by Gasteiger charge is 2.60. The lowest BCUT2D eigenvalue weighted by atomic mass is 9.87. The number of benzene rings is 2. The van der Waals surface area contributed by atoms with Gasteiger partial charge in [-0.2, -0.15) is 0 Å². The van der Waals surface area contributed by atoms with Crippen LogP contribution in [0.15, 0.2) is 54.7 Å². The first kappa shape index (κ1) is 16.1. The zero-order chi connectivity index (χ0) is 18.8. The first-order valence-corrected chi connectivity index (χ1v) is 8.87. The molecule has 136 valence electrons. The van der Waals surface area contributed by atoms with Crippen LogP contribution in [0, 0.1) is 0 Å². The Morgan fingerprint density at radius 2 is 1.96 bits per heavy atom. The fourth-order valence-electron chi connectivity index (χ4n) is 4.13. The number of ether oxygens (including phenoxy) is 1. The number of para-hydroxylation sites is 1. The number of nitrogens with zero attached hydrogens (tertiary/aromatic N) is 1. The second-order valence-electron chi connectivity index (χ2n) is 7.32. The molecule has 2 aliphatic rings.